The molecule has 2 rings (SSSR count). The fraction of sp³-hybridized carbons (Fsp3) is 0.625. The number of nitrogens with two attached hydrogens (primary N) is 1. The number of rotatable bonds is 4. The van der Waals surface area contributed by atoms with E-state index in [0.717, 1.165) is 42.8 Å². The summed E-state index contributed by atoms with van der Waals surface area (Å²) in [6.07, 6.45) is 1.94. The molecule has 1 aromatic carbocycles. The average molecular weight is 281 g/mol. The van der Waals surface area contributed by atoms with E-state index in [1.54, 1.807) is 0 Å². The Balaban J connectivity index is 2.25. The summed E-state index contributed by atoms with van der Waals surface area (Å²) in [5.74, 6) is 1.48. The van der Waals surface area contributed by atoms with E-state index in [2.05, 4.69) is 37.8 Å². The molecule has 1 aliphatic rings. The summed E-state index contributed by atoms with van der Waals surface area (Å²) in [6.45, 7) is 9.03. The van der Waals surface area contributed by atoms with Gasteiger partial charge in [0.1, 0.15) is 0 Å². The molecule has 2 N–H and O–H groups in total. The van der Waals surface area contributed by atoms with Crippen LogP contribution in [-0.4, -0.2) is 19.1 Å². The molecule has 0 aromatic heterocycles. The summed E-state index contributed by atoms with van der Waals surface area (Å²) in [6, 6.07) is 6.45. The molecule has 19 heavy (non-hydrogen) atoms. The summed E-state index contributed by atoms with van der Waals surface area (Å²) in [7, 11) is 0. The molecule has 0 amide bonds. The lowest BCUT2D eigenvalue weighted by molar-refractivity contribution is 0.494. The van der Waals surface area contributed by atoms with Crippen LogP contribution in [0.25, 0.3) is 0 Å². The van der Waals surface area contributed by atoms with Gasteiger partial charge in [0.05, 0.1) is 0 Å². The SMILES string of the molecule is CCC(N)Cc1ccc(Cl)cc1N1CC(C)C(C)C1. The number of hydrogen-bond acceptors (Lipinski definition) is 2. The normalized spacial score (nSPS) is 24.8. The molecule has 0 spiro atoms. The topological polar surface area (TPSA) is 29.3 Å². The van der Waals surface area contributed by atoms with Crippen LogP contribution in [0, 0.1) is 11.8 Å². The molecule has 0 aliphatic carbocycles. The van der Waals surface area contributed by atoms with Crippen LogP contribution in [0.3, 0.4) is 0 Å². The Labute approximate surface area is 121 Å². The predicted octanol–water partition coefficient (Wildman–Crippen LogP) is 3.71. The summed E-state index contributed by atoms with van der Waals surface area (Å²) >= 11 is 6.18. The van der Waals surface area contributed by atoms with Crippen LogP contribution in [0.5, 0.6) is 0 Å². The number of nitrogens with zero attached hydrogens (tertiary/aromatic N) is 1. The molecule has 1 aliphatic heterocycles. The van der Waals surface area contributed by atoms with Crippen molar-refractivity contribution in [3.63, 3.8) is 0 Å². The van der Waals surface area contributed by atoms with Crippen molar-refractivity contribution in [1.82, 2.24) is 0 Å². The smallest absolute Gasteiger partial charge is 0.0426 e. The standard InChI is InChI=1S/C16H25ClN2/c1-4-15(18)7-13-5-6-14(17)8-16(13)19-9-11(2)12(3)10-19/h5-6,8,11-12,15H,4,7,9-10,18H2,1-3H3. The Kier molecular flexibility index (Phi) is 4.75. The van der Waals surface area contributed by atoms with Crippen LogP contribution in [-0.2, 0) is 6.42 Å². The molecule has 3 heteroatoms. The molecule has 106 valence electrons. The number of hydrogen-bond donors (Lipinski definition) is 1. The van der Waals surface area contributed by atoms with Crippen LogP contribution in [0.2, 0.25) is 5.02 Å². The second kappa shape index (κ2) is 6.15. The van der Waals surface area contributed by atoms with Crippen molar-refractivity contribution >= 4 is 17.3 Å². The Bertz CT molecular complexity index is 423. The molecule has 1 heterocycles. The van der Waals surface area contributed by atoms with Gasteiger partial charge in [0, 0.05) is 29.8 Å². The van der Waals surface area contributed by atoms with Crippen LogP contribution in [0.1, 0.15) is 32.8 Å². The maximum atomic E-state index is 6.18. The molecular formula is C16H25ClN2. The highest BCUT2D eigenvalue weighted by Crippen LogP contribution is 2.32. The van der Waals surface area contributed by atoms with Crippen LogP contribution >= 0.6 is 11.6 Å². The van der Waals surface area contributed by atoms with Gasteiger partial charge in [-0.3, -0.25) is 0 Å². The van der Waals surface area contributed by atoms with Crippen molar-refractivity contribution < 1.29 is 0 Å². The first-order valence-electron chi connectivity index (χ1n) is 7.30. The van der Waals surface area contributed by atoms with Gasteiger partial charge in [-0.05, 0) is 42.4 Å². The summed E-state index contributed by atoms with van der Waals surface area (Å²) in [5, 5.41) is 0.816. The van der Waals surface area contributed by atoms with E-state index in [9.17, 15) is 0 Å². The second-order valence-electron chi connectivity index (χ2n) is 6.01. The fourth-order valence-corrected chi connectivity index (χ4v) is 2.92. The third kappa shape index (κ3) is 3.43. The maximum absolute atomic E-state index is 6.18. The predicted molar refractivity (Wildman–Crippen MR) is 84.0 cm³/mol. The van der Waals surface area contributed by atoms with Gasteiger partial charge in [0.25, 0.3) is 0 Å². The number of anilines is 1. The van der Waals surface area contributed by atoms with Crippen molar-refractivity contribution in [1.29, 1.82) is 0 Å². The Morgan fingerprint density at radius 1 is 1.32 bits per heavy atom. The molecule has 0 saturated carbocycles. The zero-order valence-corrected chi connectivity index (χ0v) is 13.0. The number of halogens is 1. The number of benzene rings is 1. The molecule has 1 fully saturated rings. The van der Waals surface area contributed by atoms with Gasteiger partial charge < -0.3 is 10.6 Å². The molecular weight excluding hydrogens is 256 g/mol. The Hall–Kier alpha value is -0.730. The van der Waals surface area contributed by atoms with Crippen molar-refractivity contribution in [2.24, 2.45) is 17.6 Å². The zero-order chi connectivity index (χ0) is 14.0. The quantitative estimate of drug-likeness (QED) is 0.911. The van der Waals surface area contributed by atoms with E-state index in [0.29, 0.717) is 0 Å². The monoisotopic (exact) mass is 280 g/mol. The van der Waals surface area contributed by atoms with E-state index in [1.807, 2.05) is 6.07 Å². The van der Waals surface area contributed by atoms with Crippen LogP contribution in [0.15, 0.2) is 18.2 Å². The van der Waals surface area contributed by atoms with Gasteiger partial charge in [0.2, 0.25) is 0 Å². The third-order valence-corrected chi connectivity index (χ3v) is 4.62. The van der Waals surface area contributed by atoms with E-state index >= 15 is 0 Å². The summed E-state index contributed by atoms with van der Waals surface area (Å²) < 4.78 is 0. The van der Waals surface area contributed by atoms with E-state index < -0.39 is 0 Å². The Morgan fingerprint density at radius 3 is 2.53 bits per heavy atom. The molecule has 2 nitrogen and oxygen atoms in total. The minimum absolute atomic E-state index is 0.234. The van der Waals surface area contributed by atoms with Crippen molar-refractivity contribution in [3.05, 3.63) is 28.8 Å². The third-order valence-electron chi connectivity index (χ3n) is 4.38. The Morgan fingerprint density at radius 2 is 1.95 bits per heavy atom. The van der Waals surface area contributed by atoms with E-state index in [-0.39, 0.29) is 6.04 Å². The molecule has 3 unspecified atom stereocenters. The van der Waals surface area contributed by atoms with Gasteiger partial charge in [0.15, 0.2) is 0 Å². The van der Waals surface area contributed by atoms with Gasteiger partial charge in [-0.25, -0.2) is 0 Å². The van der Waals surface area contributed by atoms with Crippen molar-refractivity contribution in [2.75, 3.05) is 18.0 Å². The highest BCUT2D eigenvalue weighted by Gasteiger charge is 2.27. The summed E-state index contributed by atoms with van der Waals surface area (Å²) in [4.78, 5) is 2.47. The first-order chi connectivity index (χ1) is 9.01. The van der Waals surface area contributed by atoms with Crippen molar-refractivity contribution in [3.8, 4) is 0 Å². The second-order valence-corrected chi connectivity index (χ2v) is 6.44. The van der Waals surface area contributed by atoms with E-state index in [4.69, 9.17) is 17.3 Å². The lowest BCUT2D eigenvalue weighted by Gasteiger charge is -2.23. The lowest BCUT2D eigenvalue weighted by atomic mass is 10.0. The molecule has 0 bridgehead atoms. The highest BCUT2D eigenvalue weighted by atomic mass is 35.5. The fourth-order valence-electron chi connectivity index (χ4n) is 2.76. The molecule has 1 aromatic rings. The first-order valence-corrected chi connectivity index (χ1v) is 7.68. The van der Waals surface area contributed by atoms with Crippen LogP contribution < -0.4 is 10.6 Å². The first kappa shape index (κ1) is 14.7. The minimum atomic E-state index is 0.234. The lowest BCUT2D eigenvalue weighted by Crippen LogP contribution is -2.25. The average Bonchev–Trinajstić information content (AvgIpc) is 2.71. The van der Waals surface area contributed by atoms with Crippen molar-refractivity contribution in [2.45, 2.75) is 39.7 Å². The van der Waals surface area contributed by atoms with E-state index in [1.165, 1.54) is 11.3 Å². The van der Waals surface area contributed by atoms with Gasteiger partial charge in [-0.2, -0.15) is 0 Å². The van der Waals surface area contributed by atoms with Gasteiger partial charge >= 0.3 is 0 Å². The maximum Gasteiger partial charge on any atom is 0.0426 e. The zero-order valence-electron chi connectivity index (χ0n) is 12.2. The van der Waals surface area contributed by atoms with Crippen LogP contribution in [0.4, 0.5) is 5.69 Å². The minimum Gasteiger partial charge on any atom is -0.371 e. The summed E-state index contributed by atoms with van der Waals surface area (Å²) in [5.41, 5.74) is 8.73. The van der Waals surface area contributed by atoms with Gasteiger partial charge in [-0.15, -0.1) is 0 Å². The molecule has 1 saturated heterocycles. The highest BCUT2D eigenvalue weighted by molar-refractivity contribution is 6.30. The molecule has 3 atom stereocenters. The van der Waals surface area contributed by atoms with Gasteiger partial charge in [-0.1, -0.05) is 38.4 Å². The molecule has 0 radical (unpaired) electrons. The largest absolute Gasteiger partial charge is 0.371 e.